The molecule has 0 bridgehead atoms. The number of aromatic nitrogens is 1. The molecule has 1 aliphatic heterocycles. The van der Waals surface area contributed by atoms with Gasteiger partial charge in [-0.15, -0.1) is 0 Å². The first-order valence-electron chi connectivity index (χ1n) is 9.78. The number of nitrogens with zero attached hydrogens (tertiary/aromatic N) is 2. The summed E-state index contributed by atoms with van der Waals surface area (Å²) in [6.45, 7) is 2.89. The lowest BCUT2D eigenvalue weighted by Crippen LogP contribution is -2.39. The summed E-state index contributed by atoms with van der Waals surface area (Å²) < 4.78 is 32.7. The number of likely N-dealkylation sites (tertiary alicyclic amines) is 1. The average Bonchev–Trinajstić information content (AvgIpc) is 3.10. The molecule has 4 nitrogen and oxygen atoms in total. The molecule has 0 atom stereocenters. The van der Waals surface area contributed by atoms with Crippen LogP contribution >= 0.6 is 0 Å². The number of carbonyl (C=O) groups is 1. The van der Waals surface area contributed by atoms with Crippen molar-refractivity contribution in [3.63, 3.8) is 0 Å². The number of aryl methyl sites for hydroxylation is 1. The van der Waals surface area contributed by atoms with Gasteiger partial charge in [0.15, 0.2) is 0 Å². The summed E-state index contributed by atoms with van der Waals surface area (Å²) in [6, 6.07) is 13.5. The van der Waals surface area contributed by atoms with Gasteiger partial charge in [-0.1, -0.05) is 35.5 Å². The second-order valence-corrected chi connectivity index (χ2v) is 7.51. The number of hydrogen-bond donors (Lipinski definition) is 0. The van der Waals surface area contributed by atoms with Crippen LogP contribution in [-0.2, 0) is 6.42 Å². The molecule has 2 heterocycles. The van der Waals surface area contributed by atoms with E-state index in [2.05, 4.69) is 17.3 Å². The third kappa shape index (κ3) is 4.06. The minimum absolute atomic E-state index is 0.0607. The minimum atomic E-state index is -0.770. The molecule has 0 spiro atoms. The largest absolute Gasteiger partial charge is 0.360 e. The van der Waals surface area contributed by atoms with Gasteiger partial charge in [-0.05, 0) is 49.8 Å². The second kappa shape index (κ2) is 8.15. The van der Waals surface area contributed by atoms with E-state index >= 15 is 0 Å². The van der Waals surface area contributed by atoms with Crippen molar-refractivity contribution in [2.24, 2.45) is 5.92 Å². The first-order valence-corrected chi connectivity index (χ1v) is 9.78. The van der Waals surface area contributed by atoms with Gasteiger partial charge in [0.2, 0.25) is 0 Å². The quantitative estimate of drug-likeness (QED) is 0.622. The minimum Gasteiger partial charge on any atom is -0.360 e. The fourth-order valence-corrected chi connectivity index (χ4v) is 3.94. The summed E-state index contributed by atoms with van der Waals surface area (Å²) in [5.41, 5.74) is 1.74. The predicted octanol–water partition coefficient (Wildman–Crippen LogP) is 5.02. The molecule has 1 amide bonds. The maximum absolute atomic E-state index is 14.2. The van der Waals surface area contributed by atoms with Crippen LogP contribution < -0.4 is 0 Å². The van der Waals surface area contributed by atoms with Crippen LogP contribution in [0.1, 0.15) is 34.5 Å². The van der Waals surface area contributed by atoms with Crippen LogP contribution in [-0.4, -0.2) is 29.1 Å². The number of amides is 1. The molecule has 150 valence electrons. The molecule has 1 fully saturated rings. The van der Waals surface area contributed by atoms with Crippen molar-refractivity contribution in [3.05, 3.63) is 77.1 Å². The first-order chi connectivity index (χ1) is 14.0. The van der Waals surface area contributed by atoms with E-state index in [1.165, 1.54) is 11.6 Å². The molecule has 0 radical (unpaired) electrons. The van der Waals surface area contributed by atoms with Gasteiger partial charge in [-0.25, -0.2) is 8.78 Å². The van der Waals surface area contributed by atoms with Gasteiger partial charge >= 0.3 is 0 Å². The highest BCUT2D eigenvalue weighted by atomic mass is 19.1. The Morgan fingerprint density at radius 2 is 1.86 bits per heavy atom. The molecule has 1 aromatic heterocycles. The van der Waals surface area contributed by atoms with Crippen molar-refractivity contribution < 1.29 is 18.1 Å². The first kappa shape index (κ1) is 19.3. The molecule has 1 aliphatic rings. The zero-order valence-corrected chi connectivity index (χ0v) is 16.2. The molecular formula is C23H22F2N2O2. The molecule has 6 heteroatoms. The summed E-state index contributed by atoms with van der Waals surface area (Å²) in [5.74, 6) is -0.812. The lowest BCUT2D eigenvalue weighted by atomic mass is 9.90. The van der Waals surface area contributed by atoms with Gasteiger partial charge in [0, 0.05) is 24.7 Å². The number of benzene rings is 2. The summed E-state index contributed by atoms with van der Waals surface area (Å²) >= 11 is 0. The molecule has 4 rings (SSSR count). The molecule has 1 saturated heterocycles. The van der Waals surface area contributed by atoms with Gasteiger partial charge in [-0.3, -0.25) is 4.79 Å². The van der Waals surface area contributed by atoms with E-state index in [4.69, 9.17) is 4.52 Å². The zero-order chi connectivity index (χ0) is 20.4. The van der Waals surface area contributed by atoms with Crippen LogP contribution in [0.2, 0.25) is 0 Å². The van der Waals surface area contributed by atoms with E-state index in [1.807, 2.05) is 18.2 Å². The Morgan fingerprint density at radius 3 is 2.55 bits per heavy atom. The summed E-state index contributed by atoms with van der Waals surface area (Å²) in [7, 11) is 0. The van der Waals surface area contributed by atoms with Gasteiger partial charge in [-0.2, -0.15) is 0 Å². The highest BCUT2D eigenvalue weighted by Gasteiger charge is 2.30. The third-order valence-corrected chi connectivity index (χ3v) is 5.53. The van der Waals surface area contributed by atoms with Crippen LogP contribution in [0.4, 0.5) is 8.78 Å². The van der Waals surface area contributed by atoms with Crippen molar-refractivity contribution >= 4 is 5.91 Å². The van der Waals surface area contributed by atoms with Crippen molar-refractivity contribution in [2.75, 3.05) is 13.1 Å². The zero-order valence-electron chi connectivity index (χ0n) is 16.2. The topological polar surface area (TPSA) is 46.3 Å². The molecule has 29 heavy (non-hydrogen) atoms. The molecule has 0 unspecified atom stereocenters. The average molecular weight is 396 g/mol. The number of carbonyl (C=O) groups excluding carboxylic acids is 1. The van der Waals surface area contributed by atoms with Crippen LogP contribution in [0.15, 0.2) is 53.1 Å². The third-order valence-electron chi connectivity index (χ3n) is 5.53. The Labute approximate surface area is 168 Å². The number of hydrogen-bond acceptors (Lipinski definition) is 3. The molecule has 0 saturated carbocycles. The van der Waals surface area contributed by atoms with E-state index in [0.29, 0.717) is 24.8 Å². The fourth-order valence-electron chi connectivity index (χ4n) is 3.94. The van der Waals surface area contributed by atoms with Crippen LogP contribution in [0.5, 0.6) is 0 Å². The lowest BCUT2D eigenvalue weighted by molar-refractivity contribution is 0.0689. The van der Waals surface area contributed by atoms with Crippen LogP contribution in [0.25, 0.3) is 11.3 Å². The lowest BCUT2D eigenvalue weighted by Gasteiger charge is -2.32. The summed E-state index contributed by atoms with van der Waals surface area (Å²) in [5, 5.41) is 3.88. The van der Waals surface area contributed by atoms with E-state index in [0.717, 1.165) is 31.4 Å². The highest BCUT2D eigenvalue weighted by molar-refractivity contribution is 6.00. The Balaban J connectivity index is 1.49. The predicted molar refractivity (Wildman–Crippen MR) is 105 cm³/mol. The monoisotopic (exact) mass is 396 g/mol. The summed E-state index contributed by atoms with van der Waals surface area (Å²) in [4.78, 5) is 14.9. The number of rotatable bonds is 4. The summed E-state index contributed by atoms with van der Waals surface area (Å²) in [6.07, 6.45) is 2.82. The van der Waals surface area contributed by atoms with E-state index < -0.39 is 11.6 Å². The van der Waals surface area contributed by atoms with Crippen molar-refractivity contribution in [2.45, 2.75) is 26.2 Å². The molecule has 3 aromatic rings. The number of halogens is 2. The van der Waals surface area contributed by atoms with Crippen molar-refractivity contribution in [1.29, 1.82) is 0 Å². The Kier molecular flexibility index (Phi) is 5.43. The Bertz CT molecular complexity index is 1010. The molecular weight excluding hydrogens is 374 g/mol. The Morgan fingerprint density at radius 1 is 1.14 bits per heavy atom. The molecule has 2 aromatic carbocycles. The normalized spacial score (nSPS) is 14.9. The maximum atomic E-state index is 14.2. The molecule has 0 aliphatic carbocycles. The smallest absolute Gasteiger partial charge is 0.259 e. The van der Waals surface area contributed by atoms with E-state index in [-0.39, 0.29) is 22.7 Å². The van der Waals surface area contributed by atoms with Gasteiger partial charge in [0.1, 0.15) is 28.7 Å². The van der Waals surface area contributed by atoms with Crippen molar-refractivity contribution in [3.8, 4) is 11.3 Å². The van der Waals surface area contributed by atoms with Crippen molar-refractivity contribution in [1.82, 2.24) is 10.1 Å². The van der Waals surface area contributed by atoms with Crippen LogP contribution in [0.3, 0.4) is 0 Å². The van der Waals surface area contributed by atoms with E-state index in [9.17, 15) is 13.6 Å². The fraction of sp³-hybridized carbons (Fsp3) is 0.304. The molecule has 0 N–H and O–H groups in total. The number of piperidine rings is 1. The van der Waals surface area contributed by atoms with Gasteiger partial charge in [0.25, 0.3) is 5.91 Å². The maximum Gasteiger partial charge on any atom is 0.259 e. The van der Waals surface area contributed by atoms with Gasteiger partial charge < -0.3 is 9.42 Å². The van der Waals surface area contributed by atoms with Crippen LogP contribution in [0, 0.1) is 24.5 Å². The Hall–Kier alpha value is -3.02. The SMILES string of the molecule is Cc1onc(-c2ccc(F)cc2F)c1C(=O)N1CCC(Cc2ccccc2)CC1. The van der Waals surface area contributed by atoms with Gasteiger partial charge in [0.05, 0.1) is 0 Å². The standard InChI is InChI=1S/C23H22F2N2O2/c1-15-21(22(26-29-15)19-8-7-18(24)14-20(19)25)23(28)27-11-9-17(10-12-27)13-16-5-3-2-4-6-16/h2-8,14,17H,9-13H2,1H3. The highest BCUT2D eigenvalue weighted by Crippen LogP contribution is 2.30. The second-order valence-electron chi connectivity index (χ2n) is 7.51. The van der Waals surface area contributed by atoms with E-state index in [1.54, 1.807) is 11.8 Å².